The molecule has 0 spiro atoms. The monoisotopic (exact) mass is 380 g/mol. The van der Waals surface area contributed by atoms with Gasteiger partial charge in [-0.1, -0.05) is 46.9 Å². The van der Waals surface area contributed by atoms with Crippen LogP contribution in [0.3, 0.4) is 0 Å². The fraction of sp³-hybridized carbons (Fsp3) is 0.0625. The Balaban J connectivity index is 1.80. The molecule has 0 unspecified atom stereocenters. The summed E-state index contributed by atoms with van der Waals surface area (Å²) in [6.45, 7) is 0.366. The quantitative estimate of drug-likeness (QED) is 0.722. The molecule has 3 rings (SSSR count). The fourth-order valence-electron chi connectivity index (χ4n) is 2.11. The summed E-state index contributed by atoms with van der Waals surface area (Å²) < 4.78 is 1.61. The van der Waals surface area contributed by atoms with Gasteiger partial charge in [-0.05, 0) is 23.8 Å². The van der Waals surface area contributed by atoms with Crippen molar-refractivity contribution in [1.29, 1.82) is 0 Å². The van der Waals surface area contributed by atoms with Crippen LogP contribution in [0.4, 0.5) is 5.82 Å². The van der Waals surface area contributed by atoms with Crippen LogP contribution in [0.2, 0.25) is 15.1 Å². The molecular weight excluding hydrogens is 371 g/mol. The third-order valence-electron chi connectivity index (χ3n) is 3.26. The van der Waals surface area contributed by atoms with Crippen LogP contribution in [-0.4, -0.2) is 20.7 Å². The molecule has 0 aliphatic carbocycles. The normalized spacial score (nSPS) is 10.6. The Bertz CT molecular complexity index is 895. The number of pyridine rings is 1. The minimum atomic E-state index is -0.378. The van der Waals surface area contributed by atoms with Gasteiger partial charge in [0.25, 0.3) is 5.91 Å². The lowest BCUT2D eigenvalue weighted by Crippen LogP contribution is -2.17. The molecule has 122 valence electrons. The lowest BCUT2D eigenvalue weighted by Gasteiger charge is -2.10. The fourth-order valence-corrected chi connectivity index (χ4v) is 2.65. The van der Waals surface area contributed by atoms with Gasteiger partial charge in [-0.25, -0.2) is 4.68 Å². The maximum absolute atomic E-state index is 12.3. The molecule has 1 aromatic carbocycles. The van der Waals surface area contributed by atoms with Crippen molar-refractivity contribution in [1.82, 2.24) is 14.8 Å². The van der Waals surface area contributed by atoms with E-state index in [1.165, 1.54) is 12.3 Å². The Labute approximate surface area is 153 Å². The zero-order valence-corrected chi connectivity index (χ0v) is 14.5. The molecule has 1 amide bonds. The van der Waals surface area contributed by atoms with Crippen LogP contribution in [0.25, 0.3) is 0 Å². The minimum Gasteiger partial charge on any atom is -0.305 e. The molecule has 0 bridgehead atoms. The highest BCUT2D eigenvalue weighted by Gasteiger charge is 2.13. The average molecular weight is 382 g/mol. The van der Waals surface area contributed by atoms with E-state index in [4.69, 9.17) is 34.8 Å². The van der Waals surface area contributed by atoms with E-state index in [1.54, 1.807) is 35.1 Å². The third kappa shape index (κ3) is 3.70. The summed E-state index contributed by atoms with van der Waals surface area (Å²) >= 11 is 18.1. The number of rotatable bonds is 4. The van der Waals surface area contributed by atoms with Crippen LogP contribution in [0, 0.1) is 0 Å². The van der Waals surface area contributed by atoms with E-state index in [-0.39, 0.29) is 11.6 Å². The number of nitrogens with one attached hydrogen (secondary N) is 1. The minimum absolute atomic E-state index is 0.219. The van der Waals surface area contributed by atoms with Crippen molar-refractivity contribution in [3.8, 4) is 0 Å². The van der Waals surface area contributed by atoms with Gasteiger partial charge in [0.1, 0.15) is 11.5 Å². The maximum Gasteiger partial charge on any atom is 0.275 e. The first-order chi connectivity index (χ1) is 11.5. The maximum atomic E-state index is 12.3. The number of carbonyl (C=O) groups excluding carboxylic acids is 1. The highest BCUT2D eigenvalue weighted by atomic mass is 35.5. The van der Waals surface area contributed by atoms with Crippen molar-refractivity contribution in [3.05, 3.63) is 75.1 Å². The van der Waals surface area contributed by atoms with Gasteiger partial charge in [0, 0.05) is 17.3 Å². The second-order valence-corrected chi connectivity index (χ2v) is 6.12. The molecule has 0 aliphatic rings. The van der Waals surface area contributed by atoms with Crippen LogP contribution in [0.15, 0.2) is 48.8 Å². The van der Waals surface area contributed by atoms with Gasteiger partial charge in [0.05, 0.1) is 22.8 Å². The number of carbonyl (C=O) groups is 1. The largest absolute Gasteiger partial charge is 0.305 e. The molecule has 0 fully saturated rings. The first-order valence-corrected chi connectivity index (χ1v) is 8.05. The zero-order valence-electron chi connectivity index (χ0n) is 12.2. The van der Waals surface area contributed by atoms with Crippen molar-refractivity contribution in [2.24, 2.45) is 0 Å². The molecule has 2 heterocycles. The van der Waals surface area contributed by atoms with Crippen molar-refractivity contribution in [2.45, 2.75) is 6.54 Å². The number of anilines is 1. The topological polar surface area (TPSA) is 59.8 Å². The highest BCUT2D eigenvalue weighted by Crippen LogP contribution is 2.26. The van der Waals surface area contributed by atoms with E-state index in [1.807, 2.05) is 6.07 Å². The number of nitrogens with zero attached hydrogens (tertiary/aromatic N) is 3. The molecule has 2 aromatic heterocycles. The van der Waals surface area contributed by atoms with Gasteiger partial charge in [-0.3, -0.25) is 9.78 Å². The molecule has 5 nitrogen and oxygen atoms in total. The van der Waals surface area contributed by atoms with Crippen molar-refractivity contribution < 1.29 is 4.79 Å². The number of aromatic nitrogens is 3. The molecule has 0 atom stereocenters. The summed E-state index contributed by atoms with van der Waals surface area (Å²) in [6.07, 6.45) is 3.06. The van der Waals surface area contributed by atoms with Crippen molar-refractivity contribution in [2.75, 3.05) is 5.32 Å². The first-order valence-electron chi connectivity index (χ1n) is 6.92. The molecule has 1 N–H and O–H groups in total. The molecule has 0 aliphatic heterocycles. The van der Waals surface area contributed by atoms with Crippen LogP contribution >= 0.6 is 34.8 Å². The summed E-state index contributed by atoms with van der Waals surface area (Å²) in [5.74, 6) is 0.134. The standard InChI is InChI=1S/C16H11Cl3N4O/c17-11-4-6-20-13(8-11)16(24)22-14-5-7-21-23(14)9-10-2-1-3-12(18)15(10)19/h1-8H,9H2,(H,22,24). The Hall–Kier alpha value is -2.08. The molecule has 3 aromatic rings. The number of benzene rings is 1. The Morgan fingerprint density at radius 3 is 2.75 bits per heavy atom. The van der Waals surface area contributed by atoms with Crippen molar-refractivity contribution in [3.63, 3.8) is 0 Å². The van der Waals surface area contributed by atoms with Gasteiger partial charge < -0.3 is 5.32 Å². The molecule has 8 heteroatoms. The first kappa shape index (κ1) is 16.8. The zero-order chi connectivity index (χ0) is 17.1. The molecule has 24 heavy (non-hydrogen) atoms. The predicted octanol–water partition coefficient (Wildman–Crippen LogP) is 4.54. The summed E-state index contributed by atoms with van der Waals surface area (Å²) in [5.41, 5.74) is 1.01. The third-order valence-corrected chi connectivity index (χ3v) is 4.36. The van der Waals surface area contributed by atoms with Crippen LogP contribution in [0.5, 0.6) is 0 Å². The predicted molar refractivity (Wildman–Crippen MR) is 95.0 cm³/mol. The number of amides is 1. The molecular formula is C16H11Cl3N4O. The Morgan fingerprint density at radius 2 is 1.96 bits per heavy atom. The van der Waals surface area contributed by atoms with Gasteiger partial charge in [0.2, 0.25) is 0 Å². The van der Waals surface area contributed by atoms with Gasteiger partial charge in [-0.15, -0.1) is 0 Å². The number of hydrogen-bond acceptors (Lipinski definition) is 3. The van der Waals surface area contributed by atoms with E-state index in [9.17, 15) is 4.79 Å². The molecule has 0 saturated carbocycles. The summed E-state index contributed by atoms with van der Waals surface area (Å²) in [5, 5.41) is 8.32. The van der Waals surface area contributed by atoms with Crippen molar-refractivity contribution >= 4 is 46.5 Å². The van der Waals surface area contributed by atoms with E-state index >= 15 is 0 Å². The lowest BCUT2D eigenvalue weighted by atomic mass is 10.2. The van der Waals surface area contributed by atoms with Gasteiger partial charge in [0.15, 0.2) is 0 Å². The Kier molecular flexibility index (Phi) is 5.04. The average Bonchev–Trinajstić information content (AvgIpc) is 2.99. The Morgan fingerprint density at radius 1 is 1.12 bits per heavy atom. The van der Waals surface area contributed by atoms with E-state index in [0.717, 1.165) is 5.56 Å². The van der Waals surface area contributed by atoms with Crippen LogP contribution in [0.1, 0.15) is 16.1 Å². The molecule has 0 radical (unpaired) electrons. The summed E-state index contributed by atoms with van der Waals surface area (Å²) in [7, 11) is 0. The number of hydrogen-bond donors (Lipinski definition) is 1. The SMILES string of the molecule is O=C(Nc1ccnn1Cc1cccc(Cl)c1Cl)c1cc(Cl)ccn1. The molecule has 0 saturated heterocycles. The number of halogens is 3. The smallest absolute Gasteiger partial charge is 0.275 e. The highest BCUT2D eigenvalue weighted by molar-refractivity contribution is 6.42. The second kappa shape index (κ2) is 7.21. The summed E-state index contributed by atoms with van der Waals surface area (Å²) in [4.78, 5) is 16.3. The van der Waals surface area contributed by atoms with Crippen LogP contribution < -0.4 is 5.32 Å². The van der Waals surface area contributed by atoms with E-state index < -0.39 is 0 Å². The van der Waals surface area contributed by atoms with Gasteiger partial charge in [-0.2, -0.15) is 5.10 Å². The summed E-state index contributed by atoms with van der Waals surface area (Å²) in [6, 6.07) is 10.1. The van der Waals surface area contributed by atoms with Gasteiger partial charge >= 0.3 is 0 Å². The van der Waals surface area contributed by atoms with E-state index in [2.05, 4.69) is 15.4 Å². The van der Waals surface area contributed by atoms with Crippen LogP contribution in [-0.2, 0) is 6.54 Å². The second-order valence-electron chi connectivity index (χ2n) is 4.90. The van der Waals surface area contributed by atoms with E-state index in [0.29, 0.717) is 27.4 Å². The lowest BCUT2D eigenvalue weighted by molar-refractivity contribution is 0.102.